The van der Waals surface area contributed by atoms with Gasteiger partial charge in [0.1, 0.15) is 17.7 Å². The number of halogens is 2. The van der Waals surface area contributed by atoms with Gasteiger partial charge in [0.15, 0.2) is 0 Å². The Morgan fingerprint density at radius 2 is 2.08 bits per heavy atom. The molecule has 2 fully saturated rings. The largest absolute Gasteiger partial charge is 0.388 e. The summed E-state index contributed by atoms with van der Waals surface area (Å²) in [5, 5.41) is 15.3. The van der Waals surface area contributed by atoms with Gasteiger partial charge in [-0.3, -0.25) is 0 Å². The first kappa shape index (κ1) is 19.0. The first-order valence-electron chi connectivity index (χ1n) is 8.97. The van der Waals surface area contributed by atoms with Crippen molar-refractivity contribution in [3.63, 3.8) is 0 Å². The molecule has 0 aliphatic carbocycles. The van der Waals surface area contributed by atoms with E-state index >= 15 is 0 Å². The Morgan fingerprint density at radius 3 is 2.77 bits per heavy atom. The van der Waals surface area contributed by atoms with Crippen LogP contribution in [0.15, 0.2) is 18.2 Å². The van der Waals surface area contributed by atoms with Crippen molar-refractivity contribution in [3.8, 4) is 0 Å². The second kappa shape index (κ2) is 8.28. The van der Waals surface area contributed by atoms with Gasteiger partial charge in [0.25, 0.3) is 0 Å². The fourth-order valence-electron chi connectivity index (χ4n) is 3.39. The van der Waals surface area contributed by atoms with E-state index in [1.54, 1.807) is 0 Å². The van der Waals surface area contributed by atoms with E-state index in [1.807, 2.05) is 0 Å². The lowest BCUT2D eigenvalue weighted by atomic mass is 9.98. The van der Waals surface area contributed by atoms with Crippen LogP contribution in [0, 0.1) is 17.6 Å². The molecule has 1 aromatic rings. The maximum Gasteiger partial charge on any atom is 0.319 e. The van der Waals surface area contributed by atoms with Crippen molar-refractivity contribution < 1.29 is 23.4 Å². The van der Waals surface area contributed by atoms with Crippen LogP contribution in [0.3, 0.4) is 0 Å². The monoisotopic (exact) mass is 369 g/mol. The zero-order valence-electron chi connectivity index (χ0n) is 14.8. The Morgan fingerprint density at radius 1 is 1.35 bits per heavy atom. The van der Waals surface area contributed by atoms with E-state index in [2.05, 4.69) is 22.5 Å². The Bertz CT molecular complexity index is 638. The number of piperidine rings is 1. The van der Waals surface area contributed by atoms with Crippen molar-refractivity contribution in [3.05, 3.63) is 29.8 Å². The lowest BCUT2D eigenvalue weighted by molar-refractivity contribution is 0.00883. The van der Waals surface area contributed by atoms with E-state index < -0.39 is 29.8 Å². The molecule has 1 aromatic carbocycles. The van der Waals surface area contributed by atoms with Crippen molar-refractivity contribution in [1.82, 2.24) is 10.2 Å². The summed E-state index contributed by atoms with van der Waals surface area (Å²) in [5.41, 5.74) is -0.128. The second-order valence-corrected chi connectivity index (χ2v) is 7.17. The molecule has 3 rings (SSSR count). The van der Waals surface area contributed by atoms with Gasteiger partial charge < -0.3 is 25.4 Å². The molecule has 0 bridgehead atoms. The summed E-state index contributed by atoms with van der Waals surface area (Å²) < 4.78 is 32.1. The number of carbonyl (C=O) groups is 1. The van der Waals surface area contributed by atoms with E-state index in [0.29, 0.717) is 12.6 Å². The summed E-state index contributed by atoms with van der Waals surface area (Å²) in [4.78, 5) is 14.3. The SMILES string of the molecule is CC1CCN(CC2OCC(NC(=O)Nc3ccc(F)cc3F)C2O)CC1. The molecule has 3 unspecified atom stereocenters. The van der Waals surface area contributed by atoms with Gasteiger partial charge in [-0.05, 0) is 44.0 Å². The molecule has 6 nitrogen and oxygen atoms in total. The number of likely N-dealkylation sites (tertiary alicyclic amines) is 1. The van der Waals surface area contributed by atoms with Gasteiger partial charge >= 0.3 is 6.03 Å². The third-order valence-corrected chi connectivity index (χ3v) is 5.09. The number of aliphatic hydroxyl groups is 1. The first-order valence-corrected chi connectivity index (χ1v) is 8.97. The normalized spacial score (nSPS) is 27.5. The predicted octanol–water partition coefficient (Wildman–Crippen LogP) is 1.95. The molecular weight excluding hydrogens is 344 g/mol. The van der Waals surface area contributed by atoms with Crippen molar-refractivity contribution in [2.45, 2.75) is 38.0 Å². The zero-order valence-corrected chi connectivity index (χ0v) is 14.8. The number of hydrogen-bond donors (Lipinski definition) is 3. The lowest BCUT2D eigenvalue weighted by Gasteiger charge is -2.32. The molecule has 2 saturated heterocycles. The van der Waals surface area contributed by atoms with Gasteiger partial charge in [-0.1, -0.05) is 6.92 Å². The van der Waals surface area contributed by atoms with Crippen LogP contribution >= 0.6 is 0 Å². The van der Waals surface area contributed by atoms with Crippen LogP contribution in [0.4, 0.5) is 19.3 Å². The number of amides is 2. The van der Waals surface area contributed by atoms with Gasteiger partial charge in [0.05, 0.1) is 24.4 Å². The molecule has 0 aromatic heterocycles. The molecule has 0 saturated carbocycles. The second-order valence-electron chi connectivity index (χ2n) is 7.17. The number of benzene rings is 1. The maximum absolute atomic E-state index is 13.6. The first-order chi connectivity index (χ1) is 12.4. The minimum atomic E-state index is -0.861. The van der Waals surface area contributed by atoms with Gasteiger partial charge in [-0.25, -0.2) is 13.6 Å². The molecule has 2 amide bonds. The fraction of sp³-hybridized carbons (Fsp3) is 0.611. The smallest absolute Gasteiger partial charge is 0.319 e. The van der Waals surface area contributed by atoms with Gasteiger partial charge in [0, 0.05) is 12.6 Å². The zero-order chi connectivity index (χ0) is 18.7. The Kier molecular flexibility index (Phi) is 6.05. The molecule has 3 N–H and O–H groups in total. The van der Waals surface area contributed by atoms with Crippen LogP contribution in [-0.2, 0) is 4.74 Å². The molecule has 2 aliphatic heterocycles. The van der Waals surface area contributed by atoms with E-state index in [9.17, 15) is 18.7 Å². The molecular formula is C18H25F2N3O3. The molecule has 0 radical (unpaired) electrons. The summed E-state index contributed by atoms with van der Waals surface area (Å²) in [6.45, 7) is 5.02. The number of carbonyl (C=O) groups excluding carboxylic acids is 1. The number of ether oxygens (including phenoxy) is 1. The number of urea groups is 1. The summed E-state index contributed by atoms with van der Waals surface area (Å²) in [6.07, 6.45) is 1.07. The number of aliphatic hydroxyl groups excluding tert-OH is 1. The highest BCUT2D eigenvalue weighted by Gasteiger charge is 2.38. The quantitative estimate of drug-likeness (QED) is 0.759. The summed E-state index contributed by atoms with van der Waals surface area (Å²) in [6, 6.07) is 1.65. The highest BCUT2D eigenvalue weighted by atomic mass is 19.1. The average Bonchev–Trinajstić information content (AvgIpc) is 2.93. The maximum atomic E-state index is 13.6. The van der Waals surface area contributed by atoms with E-state index in [1.165, 1.54) is 0 Å². The van der Waals surface area contributed by atoms with Gasteiger partial charge in [-0.15, -0.1) is 0 Å². The lowest BCUT2D eigenvalue weighted by Crippen LogP contribution is -2.48. The molecule has 26 heavy (non-hydrogen) atoms. The van der Waals surface area contributed by atoms with Crippen LogP contribution < -0.4 is 10.6 Å². The molecule has 0 spiro atoms. The predicted molar refractivity (Wildman–Crippen MR) is 92.9 cm³/mol. The fourth-order valence-corrected chi connectivity index (χ4v) is 3.39. The number of anilines is 1. The van der Waals surface area contributed by atoms with Gasteiger partial charge in [-0.2, -0.15) is 0 Å². The van der Waals surface area contributed by atoms with Crippen LogP contribution in [0.1, 0.15) is 19.8 Å². The number of nitrogens with one attached hydrogen (secondary N) is 2. The van der Waals surface area contributed by atoms with Crippen molar-refractivity contribution in [2.75, 3.05) is 31.6 Å². The number of nitrogens with zero attached hydrogens (tertiary/aromatic N) is 1. The Hall–Kier alpha value is -1.77. The van der Waals surface area contributed by atoms with Crippen LogP contribution in [-0.4, -0.2) is 60.5 Å². The Balaban J connectivity index is 1.48. The van der Waals surface area contributed by atoms with Crippen LogP contribution in [0.25, 0.3) is 0 Å². The van der Waals surface area contributed by atoms with E-state index in [0.717, 1.165) is 44.0 Å². The highest BCUT2D eigenvalue weighted by Crippen LogP contribution is 2.21. The number of rotatable bonds is 4. The van der Waals surface area contributed by atoms with Gasteiger partial charge in [0.2, 0.25) is 0 Å². The minimum Gasteiger partial charge on any atom is -0.388 e. The standard InChI is InChI=1S/C18H25F2N3O3/c1-11-4-6-23(7-5-11)9-16-17(24)15(10-26-16)22-18(25)21-14-3-2-12(19)8-13(14)20/h2-3,8,11,15-17,24H,4-7,9-10H2,1H3,(H2,21,22,25). The summed E-state index contributed by atoms with van der Waals surface area (Å²) in [5.74, 6) is -0.853. The highest BCUT2D eigenvalue weighted by molar-refractivity contribution is 5.89. The van der Waals surface area contributed by atoms with E-state index in [-0.39, 0.29) is 18.4 Å². The molecule has 3 atom stereocenters. The molecule has 2 aliphatic rings. The number of hydrogen-bond acceptors (Lipinski definition) is 4. The van der Waals surface area contributed by atoms with Crippen molar-refractivity contribution in [2.24, 2.45) is 5.92 Å². The van der Waals surface area contributed by atoms with Crippen LogP contribution in [0.5, 0.6) is 0 Å². The third kappa shape index (κ3) is 4.69. The molecule has 8 heteroatoms. The van der Waals surface area contributed by atoms with Crippen molar-refractivity contribution >= 4 is 11.7 Å². The third-order valence-electron chi connectivity index (χ3n) is 5.09. The topological polar surface area (TPSA) is 73.8 Å². The van der Waals surface area contributed by atoms with Crippen molar-refractivity contribution in [1.29, 1.82) is 0 Å². The molecule has 2 heterocycles. The summed E-state index contributed by atoms with van der Waals surface area (Å²) in [7, 11) is 0. The minimum absolute atomic E-state index is 0.128. The summed E-state index contributed by atoms with van der Waals surface area (Å²) >= 11 is 0. The molecule has 144 valence electrons. The van der Waals surface area contributed by atoms with E-state index in [4.69, 9.17) is 4.74 Å². The Labute approximate surface area is 151 Å². The average molecular weight is 369 g/mol. The van der Waals surface area contributed by atoms with Crippen LogP contribution in [0.2, 0.25) is 0 Å².